The van der Waals surface area contributed by atoms with Crippen LogP contribution in [0.3, 0.4) is 0 Å². The van der Waals surface area contributed by atoms with Crippen LogP contribution in [-0.4, -0.2) is 77.2 Å². The van der Waals surface area contributed by atoms with Crippen molar-refractivity contribution in [3.8, 4) is 17.3 Å². The number of alkyl halides is 2. The number of ether oxygens (including phenoxy) is 1. The second kappa shape index (κ2) is 12.0. The van der Waals surface area contributed by atoms with Crippen molar-refractivity contribution in [1.29, 1.82) is 0 Å². The standard InChI is InChI=1S/C37H40F4N6O.C2H6/c1-22-25(38)7-6-23-4-3-5-24(27(22)23)30-29(39)31-28-26(43-30)8-9-34(2)19-42-14-17-47(34)32(28)45-33(44-31)48-21-35(10-11-35)20-46-15-12-36(13-16-46)18-37(36,40)41;1-2/h3-7,42H,8-21H2,1-2H3;1-2H3. The van der Waals surface area contributed by atoms with E-state index in [2.05, 4.69) is 22.0 Å². The van der Waals surface area contributed by atoms with Crippen LogP contribution in [-0.2, 0) is 6.42 Å². The van der Waals surface area contributed by atoms with Gasteiger partial charge < -0.3 is 19.9 Å². The fraction of sp³-hybridized carbons (Fsp3) is 0.564. The topological polar surface area (TPSA) is 66.4 Å². The number of rotatable bonds is 6. The smallest absolute Gasteiger partial charge is 0.319 e. The Bertz CT molecular complexity index is 1970. The third-order valence-electron chi connectivity index (χ3n) is 12.2. The molecular formula is C39H46F4N6O. The quantitative estimate of drug-likeness (QED) is 0.207. The Kier molecular flexibility index (Phi) is 8.06. The monoisotopic (exact) mass is 690 g/mol. The van der Waals surface area contributed by atoms with Crippen molar-refractivity contribution in [2.75, 3.05) is 50.8 Å². The van der Waals surface area contributed by atoms with E-state index in [0.29, 0.717) is 73.2 Å². The van der Waals surface area contributed by atoms with Crippen LogP contribution in [0.25, 0.3) is 32.9 Å². The number of benzene rings is 2. The number of fused-ring (bicyclic) bond motifs is 3. The SMILES string of the molecule is CC.Cc1c(F)ccc2cccc(-c3nc4c5c(nc(OCC6(CN7CCC8(CC7)CC8(F)F)CC6)nc5c3F)N3CCNCC3(C)CC4)c12. The van der Waals surface area contributed by atoms with Crippen LogP contribution < -0.4 is 15.0 Å². The van der Waals surface area contributed by atoms with Gasteiger partial charge in [0.2, 0.25) is 0 Å². The van der Waals surface area contributed by atoms with Gasteiger partial charge in [-0.25, -0.2) is 22.5 Å². The minimum Gasteiger partial charge on any atom is -0.463 e. The number of aryl methyl sites for hydroxylation is 2. The molecule has 50 heavy (non-hydrogen) atoms. The van der Waals surface area contributed by atoms with Crippen LogP contribution in [0.2, 0.25) is 0 Å². The lowest BCUT2D eigenvalue weighted by atomic mass is 9.92. The Labute approximate surface area is 290 Å². The van der Waals surface area contributed by atoms with Gasteiger partial charge in [-0.1, -0.05) is 38.1 Å². The van der Waals surface area contributed by atoms with E-state index in [0.717, 1.165) is 50.0 Å². The molecule has 1 atom stereocenters. The molecule has 3 aliphatic heterocycles. The summed E-state index contributed by atoms with van der Waals surface area (Å²) >= 11 is 0. The molecule has 1 N–H and O–H groups in total. The van der Waals surface area contributed by atoms with Gasteiger partial charge in [0, 0.05) is 49.0 Å². The predicted molar refractivity (Wildman–Crippen MR) is 188 cm³/mol. The number of nitrogens with one attached hydrogen (secondary N) is 1. The van der Waals surface area contributed by atoms with Crippen LogP contribution in [0.5, 0.6) is 6.01 Å². The summed E-state index contributed by atoms with van der Waals surface area (Å²) in [6, 6.07) is 8.82. The van der Waals surface area contributed by atoms with E-state index in [4.69, 9.17) is 19.7 Å². The molecule has 0 amide bonds. The summed E-state index contributed by atoms with van der Waals surface area (Å²) < 4.78 is 66.1. The molecule has 11 heteroatoms. The Morgan fingerprint density at radius 2 is 1.68 bits per heavy atom. The third kappa shape index (κ3) is 5.41. The van der Waals surface area contributed by atoms with Crippen molar-refractivity contribution in [3.63, 3.8) is 0 Å². The first kappa shape index (κ1) is 33.6. The fourth-order valence-corrected chi connectivity index (χ4v) is 8.72. The Morgan fingerprint density at radius 1 is 0.920 bits per heavy atom. The van der Waals surface area contributed by atoms with Gasteiger partial charge in [-0.2, -0.15) is 9.97 Å². The van der Waals surface area contributed by atoms with Crippen molar-refractivity contribution in [1.82, 2.24) is 25.2 Å². The summed E-state index contributed by atoms with van der Waals surface area (Å²) in [4.78, 5) is 19.3. The van der Waals surface area contributed by atoms with E-state index in [1.165, 1.54) is 6.07 Å². The largest absolute Gasteiger partial charge is 0.463 e. The number of pyridine rings is 1. The first-order valence-corrected chi connectivity index (χ1v) is 18.3. The average molecular weight is 691 g/mol. The first-order valence-electron chi connectivity index (χ1n) is 18.3. The highest BCUT2D eigenvalue weighted by Gasteiger charge is 2.70. The molecule has 2 aromatic carbocycles. The van der Waals surface area contributed by atoms with Gasteiger partial charge in [0.25, 0.3) is 5.92 Å². The fourth-order valence-electron chi connectivity index (χ4n) is 8.72. The molecule has 4 aromatic rings. The lowest BCUT2D eigenvalue weighted by molar-refractivity contribution is 0.0251. The molecule has 4 fully saturated rings. The van der Waals surface area contributed by atoms with Crippen molar-refractivity contribution in [2.24, 2.45) is 10.8 Å². The number of anilines is 1. The lowest BCUT2D eigenvalue weighted by Gasteiger charge is -2.45. The highest BCUT2D eigenvalue weighted by atomic mass is 19.3. The summed E-state index contributed by atoms with van der Waals surface area (Å²) in [5, 5.41) is 5.57. The van der Waals surface area contributed by atoms with Gasteiger partial charge in [-0.3, -0.25) is 0 Å². The van der Waals surface area contributed by atoms with E-state index < -0.39 is 17.2 Å². The van der Waals surface area contributed by atoms with E-state index in [-0.39, 0.29) is 40.4 Å². The molecule has 2 aromatic heterocycles. The normalized spacial score (nSPS) is 24.4. The summed E-state index contributed by atoms with van der Waals surface area (Å²) in [6.07, 6.45) is 4.46. The maximum atomic E-state index is 17.0. The minimum atomic E-state index is -2.50. The number of hydrogen-bond donors (Lipinski definition) is 1. The number of likely N-dealkylation sites (tertiary alicyclic amines) is 1. The first-order chi connectivity index (χ1) is 24.0. The zero-order valence-electron chi connectivity index (χ0n) is 29.4. The molecular weight excluding hydrogens is 644 g/mol. The van der Waals surface area contributed by atoms with Gasteiger partial charge in [0.1, 0.15) is 22.8 Å². The Morgan fingerprint density at radius 3 is 2.40 bits per heavy atom. The molecule has 9 rings (SSSR count). The number of aromatic nitrogens is 3. The highest BCUT2D eigenvalue weighted by Crippen LogP contribution is 2.66. The van der Waals surface area contributed by atoms with E-state index >= 15 is 4.39 Å². The molecule has 1 unspecified atom stereocenters. The molecule has 5 heterocycles. The number of piperidine rings is 1. The van der Waals surface area contributed by atoms with Crippen molar-refractivity contribution in [3.05, 3.63) is 53.2 Å². The molecule has 0 bridgehead atoms. The predicted octanol–water partition coefficient (Wildman–Crippen LogP) is 7.85. The second-order valence-electron chi connectivity index (χ2n) is 15.4. The number of hydrogen-bond acceptors (Lipinski definition) is 7. The molecule has 2 aliphatic carbocycles. The van der Waals surface area contributed by atoms with Gasteiger partial charge >= 0.3 is 6.01 Å². The van der Waals surface area contributed by atoms with Gasteiger partial charge in [0.05, 0.1) is 23.2 Å². The Hall–Kier alpha value is -3.57. The number of nitrogens with zero attached hydrogens (tertiary/aromatic N) is 5. The molecule has 2 saturated heterocycles. The van der Waals surface area contributed by atoms with Crippen LogP contribution >= 0.6 is 0 Å². The van der Waals surface area contributed by atoms with Crippen LogP contribution in [0, 0.1) is 29.4 Å². The van der Waals surface area contributed by atoms with Crippen LogP contribution in [0.1, 0.15) is 70.6 Å². The van der Waals surface area contributed by atoms with Gasteiger partial charge in [-0.05, 0) is 87.9 Å². The minimum absolute atomic E-state index is 0.0301. The van der Waals surface area contributed by atoms with E-state index in [1.54, 1.807) is 19.1 Å². The van der Waals surface area contributed by atoms with Crippen molar-refractivity contribution < 1.29 is 22.3 Å². The van der Waals surface area contributed by atoms with Crippen molar-refractivity contribution in [2.45, 2.75) is 84.1 Å². The molecule has 2 saturated carbocycles. The molecule has 0 radical (unpaired) electrons. The average Bonchev–Trinajstić information content (AvgIpc) is 4.01. The summed E-state index contributed by atoms with van der Waals surface area (Å²) in [5.74, 6) is -2.78. The zero-order valence-corrected chi connectivity index (χ0v) is 29.4. The zero-order chi connectivity index (χ0) is 35.1. The lowest BCUT2D eigenvalue weighted by Crippen LogP contribution is -2.60. The van der Waals surface area contributed by atoms with Crippen LogP contribution in [0.15, 0.2) is 30.3 Å². The van der Waals surface area contributed by atoms with E-state index in [9.17, 15) is 13.2 Å². The third-order valence-corrected chi connectivity index (χ3v) is 12.2. The maximum Gasteiger partial charge on any atom is 0.319 e. The molecule has 5 aliphatic rings. The maximum absolute atomic E-state index is 17.0. The molecule has 7 nitrogen and oxygen atoms in total. The van der Waals surface area contributed by atoms with Gasteiger partial charge in [-0.15, -0.1) is 0 Å². The van der Waals surface area contributed by atoms with E-state index in [1.807, 2.05) is 26.0 Å². The molecule has 266 valence electrons. The highest BCUT2D eigenvalue weighted by molar-refractivity contribution is 6.01. The van der Waals surface area contributed by atoms with Crippen molar-refractivity contribution >= 4 is 27.5 Å². The second-order valence-corrected chi connectivity index (χ2v) is 15.4. The number of halogens is 4. The summed E-state index contributed by atoms with van der Waals surface area (Å²) in [5.41, 5.74) is 0.888. The summed E-state index contributed by atoms with van der Waals surface area (Å²) in [6.45, 7) is 12.7. The Balaban J connectivity index is 0.00000177. The molecule has 1 spiro atoms. The summed E-state index contributed by atoms with van der Waals surface area (Å²) in [7, 11) is 0. The number of piperazine rings is 1. The van der Waals surface area contributed by atoms with Crippen LogP contribution in [0.4, 0.5) is 23.4 Å². The van der Waals surface area contributed by atoms with Gasteiger partial charge in [0.15, 0.2) is 5.82 Å².